The maximum atomic E-state index is 12.5. The number of amides is 1. The van der Waals surface area contributed by atoms with Crippen LogP contribution in [0.15, 0.2) is 77.3 Å². The van der Waals surface area contributed by atoms with Gasteiger partial charge in [-0.3, -0.25) is 15.6 Å². The third-order valence-electron chi connectivity index (χ3n) is 4.13. The number of ether oxygens (including phenoxy) is 2. The minimum atomic E-state index is -0.307. The van der Waals surface area contributed by atoms with Gasteiger partial charge in [-0.2, -0.15) is 0 Å². The van der Waals surface area contributed by atoms with E-state index >= 15 is 0 Å². The standard InChI is InChI=1S/C23H22BrN3O3S/c1-2-29-19-12-10-18(11-13-19)25-23(31)27-26-22(28)17-7-5-6-16(14-17)15-30-21-9-4-3-8-20(21)24/h3-14H,2,15H2,1H3,(H,26,28)(H2,25,27,31). The van der Waals surface area contributed by atoms with Crippen molar-refractivity contribution in [2.45, 2.75) is 13.5 Å². The van der Waals surface area contributed by atoms with Crippen molar-refractivity contribution >= 4 is 44.9 Å². The lowest BCUT2D eigenvalue weighted by atomic mass is 10.1. The molecule has 0 aliphatic carbocycles. The molecule has 6 nitrogen and oxygen atoms in total. The van der Waals surface area contributed by atoms with Crippen LogP contribution in [0.5, 0.6) is 11.5 Å². The van der Waals surface area contributed by atoms with Crippen molar-refractivity contribution in [1.82, 2.24) is 10.9 Å². The Hall–Kier alpha value is -3.10. The van der Waals surface area contributed by atoms with Crippen LogP contribution in [-0.4, -0.2) is 17.6 Å². The molecule has 31 heavy (non-hydrogen) atoms. The first-order chi connectivity index (χ1) is 15.0. The zero-order valence-corrected chi connectivity index (χ0v) is 19.3. The number of anilines is 1. The van der Waals surface area contributed by atoms with Crippen molar-refractivity contribution in [1.29, 1.82) is 0 Å². The average molecular weight is 500 g/mol. The quantitative estimate of drug-likeness (QED) is 0.311. The largest absolute Gasteiger partial charge is 0.494 e. The predicted octanol–water partition coefficient (Wildman–Crippen LogP) is 5.06. The fourth-order valence-electron chi connectivity index (χ4n) is 2.67. The molecule has 0 fully saturated rings. The van der Waals surface area contributed by atoms with Crippen LogP contribution in [0, 0.1) is 0 Å². The second-order valence-electron chi connectivity index (χ2n) is 6.41. The van der Waals surface area contributed by atoms with Crippen molar-refractivity contribution < 1.29 is 14.3 Å². The lowest BCUT2D eigenvalue weighted by Gasteiger charge is -2.13. The Kier molecular flexibility index (Phi) is 8.26. The SMILES string of the molecule is CCOc1ccc(NC(=S)NNC(=O)c2cccc(COc3ccccc3Br)c2)cc1. The van der Waals surface area contributed by atoms with Gasteiger partial charge in [0.1, 0.15) is 18.1 Å². The van der Waals surface area contributed by atoms with Gasteiger partial charge in [0.15, 0.2) is 5.11 Å². The summed E-state index contributed by atoms with van der Waals surface area (Å²) >= 11 is 8.68. The van der Waals surface area contributed by atoms with Crippen LogP contribution in [0.4, 0.5) is 5.69 Å². The highest BCUT2D eigenvalue weighted by Crippen LogP contribution is 2.24. The van der Waals surface area contributed by atoms with Crippen LogP contribution in [-0.2, 0) is 6.61 Å². The van der Waals surface area contributed by atoms with Gasteiger partial charge in [0.2, 0.25) is 0 Å². The van der Waals surface area contributed by atoms with Gasteiger partial charge in [0.25, 0.3) is 5.91 Å². The van der Waals surface area contributed by atoms with Gasteiger partial charge < -0.3 is 14.8 Å². The molecule has 0 aliphatic rings. The molecule has 0 saturated carbocycles. The molecule has 0 spiro atoms. The topological polar surface area (TPSA) is 71.6 Å². The highest BCUT2D eigenvalue weighted by Gasteiger charge is 2.08. The Bertz CT molecular complexity index is 1040. The summed E-state index contributed by atoms with van der Waals surface area (Å²) in [5.74, 6) is 1.21. The smallest absolute Gasteiger partial charge is 0.269 e. The Morgan fingerprint density at radius 1 is 0.968 bits per heavy atom. The first-order valence-electron chi connectivity index (χ1n) is 9.61. The molecule has 3 N–H and O–H groups in total. The summed E-state index contributed by atoms with van der Waals surface area (Å²) in [6.07, 6.45) is 0. The van der Waals surface area contributed by atoms with Gasteiger partial charge in [-0.25, -0.2) is 0 Å². The highest BCUT2D eigenvalue weighted by atomic mass is 79.9. The van der Waals surface area contributed by atoms with E-state index in [4.69, 9.17) is 21.7 Å². The number of rotatable bonds is 7. The Balaban J connectivity index is 1.50. The maximum Gasteiger partial charge on any atom is 0.269 e. The normalized spacial score (nSPS) is 10.1. The van der Waals surface area contributed by atoms with Crippen LogP contribution in [0.2, 0.25) is 0 Å². The number of benzene rings is 3. The van der Waals surface area contributed by atoms with Gasteiger partial charge >= 0.3 is 0 Å². The van der Waals surface area contributed by atoms with Crippen molar-refractivity contribution in [3.05, 3.63) is 88.4 Å². The molecule has 8 heteroatoms. The van der Waals surface area contributed by atoms with Crippen LogP contribution < -0.4 is 25.6 Å². The second kappa shape index (κ2) is 11.3. The first-order valence-corrected chi connectivity index (χ1v) is 10.8. The first kappa shape index (κ1) is 22.6. The van der Waals surface area contributed by atoms with E-state index in [1.165, 1.54) is 0 Å². The third kappa shape index (κ3) is 6.97. The number of carbonyl (C=O) groups is 1. The number of para-hydroxylation sites is 1. The van der Waals surface area contributed by atoms with E-state index in [0.29, 0.717) is 18.8 Å². The number of hydrogen-bond acceptors (Lipinski definition) is 4. The minimum Gasteiger partial charge on any atom is -0.494 e. The number of hydrazine groups is 1. The molecular weight excluding hydrogens is 478 g/mol. The molecule has 0 saturated heterocycles. The van der Waals surface area contributed by atoms with Crippen LogP contribution in [0.25, 0.3) is 0 Å². The lowest BCUT2D eigenvalue weighted by molar-refractivity contribution is 0.0944. The van der Waals surface area contributed by atoms with Crippen LogP contribution >= 0.6 is 28.1 Å². The molecule has 0 aromatic heterocycles. The molecule has 0 heterocycles. The van der Waals surface area contributed by atoms with E-state index in [-0.39, 0.29) is 11.0 Å². The van der Waals surface area contributed by atoms with Gasteiger partial charge in [-0.1, -0.05) is 24.3 Å². The molecule has 0 bridgehead atoms. The highest BCUT2D eigenvalue weighted by molar-refractivity contribution is 9.10. The molecule has 0 atom stereocenters. The monoisotopic (exact) mass is 499 g/mol. The maximum absolute atomic E-state index is 12.5. The summed E-state index contributed by atoms with van der Waals surface area (Å²) in [6.45, 7) is 2.88. The summed E-state index contributed by atoms with van der Waals surface area (Å²) in [5, 5.41) is 3.27. The van der Waals surface area contributed by atoms with Crippen LogP contribution in [0.3, 0.4) is 0 Å². The number of halogens is 1. The minimum absolute atomic E-state index is 0.269. The van der Waals surface area contributed by atoms with E-state index in [0.717, 1.165) is 27.2 Å². The number of thiocarbonyl (C=S) groups is 1. The Morgan fingerprint density at radius 2 is 1.74 bits per heavy atom. The summed E-state index contributed by atoms with van der Waals surface area (Å²) in [4.78, 5) is 12.5. The van der Waals surface area contributed by atoms with Gasteiger partial charge in [-0.15, -0.1) is 0 Å². The molecule has 0 unspecified atom stereocenters. The number of carbonyl (C=O) groups excluding carboxylic acids is 1. The van der Waals surface area contributed by atoms with E-state index in [2.05, 4.69) is 32.1 Å². The summed E-state index contributed by atoms with van der Waals surface area (Å²) in [6, 6.07) is 22.2. The zero-order chi connectivity index (χ0) is 22.1. The average Bonchev–Trinajstić information content (AvgIpc) is 2.78. The number of hydrogen-bond donors (Lipinski definition) is 3. The molecule has 3 aromatic carbocycles. The van der Waals surface area contributed by atoms with Gasteiger partial charge in [-0.05, 0) is 89.2 Å². The molecule has 3 rings (SSSR count). The third-order valence-corrected chi connectivity index (χ3v) is 4.99. The van der Waals surface area contributed by atoms with Gasteiger partial charge in [0, 0.05) is 11.3 Å². The fourth-order valence-corrected chi connectivity index (χ4v) is 3.24. The fraction of sp³-hybridized carbons (Fsp3) is 0.130. The van der Waals surface area contributed by atoms with Gasteiger partial charge in [0.05, 0.1) is 11.1 Å². The Morgan fingerprint density at radius 3 is 2.48 bits per heavy atom. The Labute approximate surface area is 195 Å². The van der Waals surface area contributed by atoms with E-state index in [1.54, 1.807) is 12.1 Å². The second-order valence-corrected chi connectivity index (χ2v) is 7.67. The zero-order valence-electron chi connectivity index (χ0n) is 16.9. The van der Waals surface area contributed by atoms with Crippen LogP contribution in [0.1, 0.15) is 22.8 Å². The van der Waals surface area contributed by atoms with Crippen molar-refractivity contribution in [3.63, 3.8) is 0 Å². The molecule has 1 amide bonds. The van der Waals surface area contributed by atoms with E-state index in [1.807, 2.05) is 67.6 Å². The number of nitrogens with one attached hydrogen (secondary N) is 3. The molecule has 0 radical (unpaired) electrons. The lowest BCUT2D eigenvalue weighted by Crippen LogP contribution is -2.43. The molecule has 3 aromatic rings. The van der Waals surface area contributed by atoms with Crippen molar-refractivity contribution in [2.75, 3.05) is 11.9 Å². The predicted molar refractivity (Wildman–Crippen MR) is 129 cm³/mol. The molecule has 160 valence electrons. The van der Waals surface area contributed by atoms with E-state index in [9.17, 15) is 4.79 Å². The molecular formula is C23H22BrN3O3S. The van der Waals surface area contributed by atoms with E-state index < -0.39 is 0 Å². The van der Waals surface area contributed by atoms with Crippen molar-refractivity contribution in [2.24, 2.45) is 0 Å². The summed E-state index contributed by atoms with van der Waals surface area (Å²) in [5.41, 5.74) is 7.44. The van der Waals surface area contributed by atoms with Crippen molar-refractivity contribution in [3.8, 4) is 11.5 Å². The summed E-state index contributed by atoms with van der Waals surface area (Å²) < 4.78 is 12.1. The molecule has 0 aliphatic heterocycles. The summed E-state index contributed by atoms with van der Waals surface area (Å²) in [7, 11) is 0.